The standard InChI is InChI=1S/C17H22N2O9/c1-16(2)25-11-9(7-18-14(20)8-5-6-10(23-8)19(21)22)24-15-13(12(11)26-16)27-17(3,4)28-15/h5-6,9,11-13,15H,7H2,1-4H3,(H,18,20)/t9-,11+,12+,13-,15+/m1/s1. The molecule has 11 nitrogen and oxygen atoms in total. The van der Waals surface area contributed by atoms with Gasteiger partial charge in [0.25, 0.3) is 5.91 Å². The van der Waals surface area contributed by atoms with E-state index in [0.29, 0.717) is 0 Å². The highest BCUT2D eigenvalue weighted by molar-refractivity contribution is 5.91. The van der Waals surface area contributed by atoms with Gasteiger partial charge in [0.1, 0.15) is 29.3 Å². The smallest absolute Gasteiger partial charge is 0.395 e. The fourth-order valence-corrected chi connectivity index (χ4v) is 3.69. The summed E-state index contributed by atoms with van der Waals surface area (Å²) in [5.74, 6) is -2.94. The second kappa shape index (κ2) is 6.49. The molecule has 3 aliphatic heterocycles. The Balaban J connectivity index is 1.46. The summed E-state index contributed by atoms with van der Waals surface area (Å²) in [6.07, 6.45) is -2.61. The number of carbonyl (C=O) groups excluding carboxylic acids is 1. The van der Waals surface area contributed by atoms with Crippen LogP contribution in [0, 0.1) is 10.1 Å². The minimum atomic E-state index is -0.840. The molecule has 3 saturated heterocycles. The number of nitrogens with one attached hydrogen (secondary N) is 1. The van der Waals surface area contributed by atoms with Gasteiger partial charge in [0.15, 0.2) is 23.6 Å². The summed E-state index contributed by atoms with van der Waals surface area (Å²) >= 11 is 0. The summed E-state index contributed by atoms with van der Waals surface area (Å²) in [6.45, 7) is 7.22. The van der Waals surface area contributed by atoms with Crippen LogP contribution in [0.4, 0.5) is 5.88 Å². The lowest BCUT2D eigenvalue weighted by atomic mass is 9.99. The average molecular weight is 398 g/mol. The maximum atomic E-state index is 12.3. The molecule has 3 fully saturated rings. The topological polar surface area (TPSA) is 132 Å². The van der Waals surface area contributed by atoms with E-state index in [0.717, 1.165) is 6.07 Å². The Morgan fingerprint density at radius 1 is 1.07 bits per heavy atom. The van der Waals surface area contributed by atoms with E-state index in [1.807, 2.05) is 0 Å². The first kappa shape index (κ1) is 19.3. The number of hydrogen-bond acceptors (Lipinski definition) is 9. The number of nitro groups is 1. The Labute approximate surface area is 160 Å². The average Bonchev–Trinajstić information content (AvgIpc) is 3.25. The minimum absolute atomic E-state index is 0.0704. The second-order valence-corrected chi connectivity index (χ2v) is 7.81. The number of carbonyl (C=O) groups is 1. The third kappa shape index (κ3) is 3.51. The second-order valence-electron chi connectivity index (χ2n) is 7.81. The zero-order chi connectivity index (χ0) is 20.3. The molecule has 4 rings (SSSR count). The van der Waals surface area contributed by atoms with Crippen LogP contribution in [0.1, 0.15) is 38.2 Å². The molecule has 1 N–H and O–H groups in total. The molecule has 28 heavy (non-hydrogen) atoms. The number of amides is 1. The van der Waals surface area contributed by atoms with Crippen LogP contribution in [-0.2, 0) is 23.7 Å². The van der Waals surface area contributed by atoms with Gasteiger partial charge in [-0.3, -0.25) is 14.9 Å². The van der Waals surface area contributed by atoms with Crippen molar-refractivity contribution in [2.24, 2.45) is 0 Å². The van der Waals surface area contributed by atoms with Crippen LogP contribution in [0.3, 0.4) is 0 Å². The van der Waals surface area contributed by atoms with Crippen molar-refractivity contribution < 1.29 is 37.8 Å². The van der Waals surface area contributed by atoms with Gasteiger partial charge in [-0.2, -0.15) is 0 Å². The predicted octanol–water partition coefficient (Wildman–Crippen LogP) is 1.31. The van der Waals surface area contributed by atoms with Gasteiger partial charge < -0.3 is 33.4 Å². The normalized spacial score (nSPS) is 35.2. The number of rotatable bonds is 4. The molecule has 0 aliphatic carbocycles. The largest absolute Gasteiger partial charge is 0.433 e. The Bertz CT molecular complexity index is 789. The minimum Gasteiger partial charge on any atom is -0.395 e. The third-order valence-electron chi connectivity index (χ3n) is 4.71. The monoisotopic (exact) mass is 398 g/mol. The summed E-state index contributed by atoms with van der Waals surface area (Å²) in [7, 11) is 0. The van der Waals surface area contributed by atoms with Crippen molar-refractivity contribution in [2.45, 2.75) is 70.0 Å². The van der Waals surface area contributed by atoms with E-state index in [1.54, 1.807) is 27.7 Å². The molecule has 154 valence electrons. The first-order chi connectivity index (χ1) is 13.0. The molecule has 0 unspecified atom stereocenters. The highest BCUT2D eigenvalue weighted by Crippen LogP contribution is 2.43. The lowest BCUT2D eigenvalue weighted by Crippen LogP contribution is -2.57. The number of fused-ring (bicyclic) bond motifs is 3. The Morgan fingerprint density at radius 3 is 2.39 bits per heavy atom. The molecule has 5 atom stereocenters. The van der Waals surface area contributed by atoms with E-state index in [4.69, 9.17) is 28.1 Å². The van der Waals surface area contributed by atoms with Crippen LogP contribution in [-0.4, -0.2) is 59.7 Å². The van der Waals surface area contributed by atoms with Crippen molar-refractivity contribution in [1.82, 2.24) is 5.32 Å². The molecule has 3 aliphatic rings. The predicted molar refractivity (Wildman–Crippen MR) is 90.2 cm³/mol. The van der Waals surface area contributed by atoms with Crippen molar-refractivity contribution in [2.75, 3.05) is 6.54 Å². The van der Waals surface area contributed by atoms with Gasteiger partial charge >= 0.3 is 5.88 Å². The van der Waals surface area contributed by atoms with Gasteiger partial charge in [-0.15, -0.1) is 0 Å². The molecule has 1 amide bonds. The molecule has 0 bridgehead atoms. The van der Waals surface area contributed by atoms with E-state index in [9.17, 15) is 14.9 Å². The van der Waals surface area contributed by atoms with Crippen molar-refractivity contribution in [1.29, 1.82) is 0 Å². The van der Waals surface area contributed by atoms with E-state index >= 15 is 0 Å². The summed E-state index contributed by atoms with van der Waals surface area (Å²) in [5.41, 5.74) is 0. The Kier molecular flexibility index (Phi) is 4.47. The molecule has 11 heteroatoms. The van der Waals surface area contributed by atoms with Crippen molar-refractivity contribution in [3.63, 3.8) is 0 Å². The first-order valence-corrected chi connectivity index (χ1v) is 8.94. The summed E-state index contributed by atoms with van der Waals surface area (Å²) in [5, 5.41) is 13.3. The molecule has 0 radical (unpaired) electrons. The fourth-order valence-electron chi connectivity index (χ4n) is 3.69. The van der Waals surface area contributed by atoms with E-state index < -0.39 is 59.0 Å². The van der Waals surface area contributed by atoms with Crippen LogP contribution < -0.4 is 5.32 Å². The number of nitrogens with zero attached hydrogens (tertiary/aromatic N) is 1. The lowest BCUT2D eigenvalue weighted by molar-refractivity contribution is -0.402. The molecular weight excluding hydrogens is 376 g/mol. The number of furan rings is 1. The molecule has 0 spiro atoms. The summed E-state index contributed by atoms with van der Waals surface area (Å²) in [6, 6.07) is 2.36. The third-order valence-corrected chi connectivity index (χ3v) is 4.71. The van der Waals surface area contributed by atoms with Crippen LogP contribution >= 0.6 is 0 Å². The molecular formula is C17H22N2O9. The Hall–Kier alpha value is -2.05. The number of ether oxygens (including phenoxy) is 5. The van der Waals surface area contributed by atoms with Crippen molar-refractivity contribution in [3.05, 3.63) is 28.0 Å². The molecule has 0 aromatic carbocycles. The van der Waals surface area contributed by atoms with Gasteiger partial charge in [0.05, 0.1) is 6.07 Å². The van der Waals surface area contributed by atoms with Crippen LogP contribution in [0.5, 0.6) is 0 Å². The van der Waals surface area contributed by atoms with Crippen molar-refractivity contribution >= 4 is 11.8 Å². The maximum absolute atomic E-state index is 12.3. The first-order valence-electron chi connectivity index (χ1n) is 8.94. The highest BCUT2D eigenvalue weighted by Gasteiger charge is 2.60. The molecule has 4 heterocycles. The van der Waals surface area contributed by atoms with Gasteiger partial charge in [-0.05, 0) is 33.8 Å². The van der Waals surface area contributed by atoms with Gasteiger partial charge in [-0.1, -0.05) is 0 Å². The van der Waals surface area contributed by atoms with Gasteiger partial charge in [0.2, 0.25) is 0 Å². The van der Waals surface area contributed by atoms with Gasteiger partial charge in [-0.25, -0.2) is 0 Å². The summed E-state index contributed by atoms with van der Waals surface area (Å²) in [4.78, 5) is 22.2. The molecule has 1 aromatic heterocycles. The molecule has 1 aromatic rings. The van der Waals surface area contributed by atoms with Crippen LogP contribution in [0.15, 0.2) is 16.5 Å². The fraction of sp³-hybridized carbons (Fsp3) is 0.706. The van der Waals surface area contributed by atoms with E-state index in [-0.39, 0.29) is 12.3 Å². The Morgan fingerprint density at radius 2 is 1.71 bits per heavy atom. The zero-order valence-corrected chi connectivity index (χ0v) is 15.9. The lowest BCUT2D eigenvalue weighted by Gasteiger charge is -2.37. The van der Waals surface area contributed by atoms with Crippen LogP contribution in [0.25, 0.3) is 0 Å². The van der Waals surface area contributed by atoms with E-state index in [1.165, 1.54) is 6.07 Å². The van der Waals surface area contributed by atoms with E-state index in [2.05, 4.69) is 5.32 Å². The van der Waals surface area contributed by atoms with Crippen LogP contribution in [0.2, 0.25) is 0 Å². The highest BCUT2D eigenvalue weighted by atomic mass is 16.9. The summed E-state index contributed by atoms with van der Waals surface area (Å²) < 4.78 is 34.6. The SMILES string of the molecule is CC1(C)O[C@H]2[C@@H](O1)[C@@H](CNC(=O)c1ccc([N+](=O)[O-])o1)O[C@H]1OC(C)(C)O[C@@H]12. The maximum Gasteiger partial charge on any atom is 0.433 e. The molecule has 0 saturated carbocycles. The quantitative estimate of drug-likeness (QED) is 0.589. The van der Waals surface area contributed by atoms with Crippen molar-refractivity contribution in [3.8, 4) is 0 Å². The zero-order valence-electron chi connectivity index (χ0n) is 15.9. The number of hydrogen-bond donors (Lipinski definition) is 1. The van der Waals surface area contributed by atoms with Gasteiger partial charge in [0, 0.05) is 6.54 Å².